The van der Waals surface area contributed by atoms with Crippen LogP contribution >= 0.6 is 0 Å². The summed E-state index contributed by atoms with van der Waals surface area (Å²) >= 11 is 0. The molecule has 6 heteroatoms. The molecule has 0 aromatic heterocycles. The number of nitrogens with zero attached hydrogens (tertiary/aromatic N) is 1. The predicted octanol–water partition coefficient (Wildman–Crippen LogP) is 2.34. The fourth-order valence-corrected chi connectivity index (χ4v) is 4.11. The molecule has 0 spiro atoms. The quantitative estimate of drug-likeness (QED) is 0.825. The maximum atomic E-state index is 12.1. The average Bonchev–Trinajstić information content (AvgIpc) is 2.71. The summed E-state index contributed by atoms with van der Waals surface area (Å²) in [5.74, 6) is 0.564. The number of aliphatic hydroxyl groups excluding tert-OH is 1. The van der Waals surface area contributed by atoms with Crippen molar-refractivity contribution in [2.75, 3.05) is 26.3 Å². The van der Waals surface area contributed by atoms with Crippen LogP contribution < -0.4 is 9.47 Å². The SMILES string of the molecule is O=C(O)[C@@]1(Cc2ccccc2)CCN(Cc2ccc3c(c2)OCCO3)C[C@@H]1O. The Labute approximate surface area is 164 Å². The molecule has 1 fully saturated rings. The van der Waals surface area contributed by atoms with E-state index < -0.39 is 17.5 Å². The maximum Gasteiger partial charge on any atom is 0.312 e. The van der Waals surface area contributed by atoms with E-state index in [9.17, 15) is 15.0 Å². The molecule has 2 aromatic rings. The van der Waals surface area contributed by atoms with Gasteiger partial charge in [0, 0.05) is 13.1 Å². The minimum absolute atomic E-state index is 0.327. The van der Waals surface area contributed by atoms with Gasteiger partial charge in [-0.15, -0.1) is 0 Å². The highest BCUT2D eigenvalue weighted by atomic mass is 16.6. The molecule has 0 saturated carbocycles. The van der Waals surface area contributed by atoms with Crippen LogP contribution in [0.15, 0.2) is 48.5 Å². The van der Waals surface area contributed by atoms with Gasteiger partial charge >= 0.3 is 5.97 Å². The van der Waals surface area contributed by atoms with Crippen molar-refractivity contribution in [1.82, 2.24) is 4.90 Å². The molecule has 4 rings (SSSR count). The van der Waals surface area contributed by atoms with Crippen molar-refractivity contribution in [2.45, 2.75) is 25.5 Å². The third-order valence-electron chi connectivity index (χ3n) is 5.74. The van der Waals surface area contributed by atoms with Gasteiger partial charge in [-0.05, 0) is 42.6 Å². The Morgan fingerprint density at radius 2 is 1.82 bits per heavy atom. The molecule has 2 atom stereocenters. The molecule has 0 amide bonds. The summed E-state index contributed by atoms with van der Waals surface area (Å²) in [6.07, 6.45) is -0.193. The lowest BCUT2D eigenvalue weighted by atomic mass is 9.71. The fraction of sp³-hybridized carbons (Fsp3) is 0.409. The molecule has 2 aromatic carbocycles. The first-order valence-electron chi connectivity index (χ1n) is 9.63. The van der Waals surface area contributed by atoms with E-state index in [1.807, 2.05) is 48.5 Å². The monoisotopic (exact) mass is 383 g/mol. The summed E-state index contributed by atoms with van der Waals surface area (Å²) in [7, 11) is 0. The first kappa shape index (κ1) is 18.8. The van der Waals surface area contributed by atoms with Crippen LogP contribution in [0.5, 0.6) is 11.5 Å². The fourth-order valence-electron chi connectivity index (χ4n) is 4.11. The van der Waals surface area contributed by atoms with Crippen molar-refractivity contribution in [3.63, 3.8) is 0 Å². The minimum Gasteiger partial charge on any atom is -0.486 e. The number of aliphatic hydroxyl groups is 1. The van der Waals surface area contributed by atoms with E-state index >= 15 is 0 Å². The zero-order valence-corrected chi connectivity index (χ0v) is 15.7. The molecule has 1 saturated heterocycles. The molecule has 2 N–H and O–H groups in total. The molecule has 0 unspecified atom stereocenters. The first-order valence-corrected chi connectivity index (χ1v) is 9.63. The number of benzene rings is 2. The minimum atomic E-state index is -1.15. The van der Waals surface area contributed by atoms with Gasteiger partial charge in [0.1, 0.15) is 18.6 Å². The highest BCUT2D eigenvalue weighted by molar-refractivity contribution is 5.76. The number of hydrogen-bond acceptors (Lipinski definition) is 5. The van der Waals surface area contributed by atoms with Crippen LogP contribution in [0.3, 0.4) is 0 Å². The summed E-state index contributed by atoms with van der Waals surface area (Å²) < 4.78 is 11.2. The number of aliphatic carboxylic acids is 1. The van der Waals surface area contributed by atoms with Crippen molar-refractivity contribution >= 4 is 5.97 Å². The molecule has 2 aliphatic heterocycles. The van der Waals surface area contributed by atoms with E-state index in [2.05, 4.69) is 4.90 Å². The van der Waals surface area contributed by atoms with Crippen LogP contribution in [0.2, 0.25) is 0 Å². The highest BCUT2D eigenvalue weighted by Gasteiger charge is 2.48. The van der Waals surface area contributed by atoms with Gasteiger partial charge < -0.3 is 19.7 Å². The van der Waals surface area contributed by atoms with E-state index in [-0.39, 0.29) is 0 Å². The van der Waals surface area contributed by atoms with E-state index in [1.165, 1.54) is 0 Å². The summed E-state index contributed by atoms with van der Waals surface area (Å²) in [5, 5.41) is 20.7. The number of piperidine rings is 1. The van der Waals surface area contributed by atoms with E-state index in [0.29, 0.717) is 45.7 Å². The van der Waals surface area contributed by atoms with E-state index in [0.717, 1.165) is 22.6 Å². The Morgan fingerprint density at radius 3 is 2.54 bits per heavy atom. The van der Waals surface area contributed by atoms with Crippen LogP contribution in [0, 0.1) is 5.41 Å². The van der Waals surface area contributed by atoms with Crippen molar-refractivity contribution in [3.05, 3.63) is 59.7 Å². The Morgan fingerprint density at radius 1 is 1.07 bits per heavy atom. The maximum absolute atomic E-state index is 12.1. The van der Waals surface area contributed by atoms with Gasteiger partial charge in [0.25, 0.3) is 0 Å². The molecule has 0 aliphatic carbocycles. The second-order valence-corrected chi connectivity index (χ2v) is 7.60. The number of β-amino-alcohol motifs (C(OH)–C–C–N with tert-alkyl or cyclic N) is 1. The molecule has 2 heterocycles. The molecule has 6 nitrogen and oxygen atoms in total. The van der Waals surface area contributed by atoms with Gasteiger partial charge in [-0.2, -0.15) is 0 Å². The molecule has 0 bridgehead atoms. The lowest BCUT2D eigenvalue weighted by Gasteiger charge is -2.43. The van der Waals surface area contributed by atoms with Crippen molar-refractivity contribution in [2.24, 2.45) is 5.41 Å². The third kappa shape index (κ3) is 3.70. The molecular weight excluding hydrogens is 358 g/mol. The average molecular weight is 383 g/mol. The number of fused-ring (bicyclic) bond motifs is 1. The topological polar surface area (TPSA) is 79.2 Å². The molecule has 0 radical (unpaired) electrons. The first-order chi connectivity index (χ1) is 13.6. The summed E-state index contributed by atoms with van der Waals surface area (Å²) in [5.41, 5.74) is 0.844. The van der Waals surface area contributed by atoms with Gasteiger partial charge in [0.2, 0.25) is 0 Å². The zero-order chi connectivity index (χ0) is 19.6. The van der Waals surface area contributed by atoms with Gasteiger partial charge in [0.05, 0.1) is 6.10 Å². The van der Waals surface area contributed by atoms with Crippen LogP contribution in [0.1, 0.15) is 17.5 Å². The van der Waals surface area contributed by atoms with Crippen LogP contribution in [0.4, 0.5) is 0 Å². The Hall–Kier alpha value is -2.57. The molecule has 148 valence electrons. The lowest BCUT2D eigenvalue weighted by molar-refractivity contribution is -0.163. The van der Waals surface area contributed by atoms with Crippen LogP contribution in [-0.2, 0) is 17.8 Å². The molecular formula is C22H25NO5. The van der Waals surface area contributed by atoms with Gasteiger partial charge in [-0.25, -0.2) is 0 Å². The van der Waals surface area contributed by atoms with Crippen LogP contribution in [0.25, 0.3) is 0 Å². The van der Waals surface area contributed by atoms with Crippen molar-refractivity contribution in [3.8, 4) is 11.5 Å². The number of rotatable bonds is 5. The molecule has 28 heavy (non-hydrogen) atoms. The Kier molecular flexibility index (Phi) is 5.24. The number of hydrogen-bond donors (Lipinski definition) is 2. The Bertz CT molecular complexity index is 840. The number of carbonyl (C=O) groups is 1. The normalized spacial score (nSPS) is 24.7. The highest BCUT2D eigenvalue weighted by Crippen LogP contribution is 2.37. The lowest BCUT2D eigenvalue weighted by Crippen LogP contribution is -2.55. The van der Waals surface area contributed by atoms with Gasteiger partial charge in [-0.1, -0.05) is 36.4 Å². The Balaban J connectivity index is 1.46. The standard InChI is InChI=1S/C22H25NO5/c24-20-15-23(14-17-6-7-18-19(12-17)28-11-10-27-18)9-8-22(20,21(25)26)13-16-4-2-1-3-5-16/h1-7,12,20,24H,8-11,13-15H2,(H,25,26)/t20-,22+/m0/s1. The number of ether oxygens (including phenoxy) is 2. The summed E-state index contributed by atoms with van der Waals surface area (Å²) in [6, 6.07) is 15.4. The largest absolute Gasteiger partial charge is 0.486 e. The van der Waals surface area contributed by atoms with Gasteiger partial charge in [-0.3, -0.25) is 9.69 Å². The second-order valence-electron chi connectivity index (χ2n) is 7.60. The smallest absolute Gasteiger partial charge is 0.312 e. The van der Waals surface area contributed by atoms with Crippen LogP contribution in [-0.4, -0.2) is 53.5 Å². The third-order valence-corrected chi connectivity index (χ3v) is 5.74. The van der Waals surface area contributed by atoms with Crippen molar-refractivity contribution in [1.29, 1.82) is 0 Å². The molecule has 2 aliphatic rings. The van der Waals surface area contributed by atoms with E-state index in [4.69, 9.17) is 9.47 Å². The second kappa shape index (κ2) is 7.81. The van der Waals surface area contributed by atoms with E-state index in [1.54, 1.807) is 0 Å². The number of carboxylic acids is 1. The summed E-state index contributed by atoms with van der Waals surface area (Å²) in [4.78, 5) is 14.2. The predicted molar refractivity (Wildman–Crippen MR) is 104 cm³/mol. The zero-order valence-electron chi connectivity index (χ0n) is 15.7. The summed E-state index contributed by atoms with van der Waals surface area (Å²) in [6.45, 7) is 2.68. The number of likely N-dealkylation sites (tertiary alicyclic amines) is 1. The number of carboxylic acid groups (broad SMARTS) is 1. The van der Waals surface area contributed by atoms with Crippen molar-refractivity contribution < 1.29 is 24.5 Å². The van der Waals surface area contributed by atoms with Gasteiger partial charge in [0.15, 0.2) is 11.5 Å².